The van der Waals surface area contributed by atoms with Gasteiger partial charge in [-0.3, -0.25) is 4.40 Å². The molecule has 0 spiro atoms. The Morgan fingerprint density at radius 2 is 2.33 bits per heavy atom. The highest BCUT2D eigenvalue weighted by molar-refractivity contribution is 7.15. The molecule has 0 fully saturated rings. The van der Waals surface area contributed by atoms with E-state index in [0.717, 1.165) is 4.96 Å². The normalized spacial score (nSPS) is 9.33. The predicted molar refractivity (Wildman–Crippen MR) is 40.3 cm³/mol. The van der Waals surface area contributed by atoms with E-state index in [-0.39, 0.29) is 12.4 Å². The van der Waals surface area contributed by atoms with Crippen LogP contribution in [0.3, 0.4) is 0 Å². The van der Waals surface area contributed by atoms with Gasteiger partial charge in [0.25, 0.3) is 0 Å². The van der Waals surface area contributed by atoms with Crippen molar-refractivity contribution in [1.29, 1.82) is 0 Å². The van der Waals surface area contributed by atoms with Crippen molar-refractivity contribution in [2.24, 2.45) is 0 Å². The molecule has 9 heavy (non-hydrogen) atoms. The molecule has 2 nitrogen and oxygen atoms in total. The predicted octanol–water partition coefficient (Wildman–Crippen LogP) is 1.82. The van der Waals surface area contributed by atoms with E-state index < -0.39 is 0 Å². The maximum absolute atomic E-state index is 4.06. The Balaban J connectivity index is 0.000000405. The van der Waals surface area contributed by atoms with Crippen LogP contribution in [0, 0.1) is 0 Å². The molecule has 0 amide bonds. The van der Waals surface area contributed by atoms with E-state index in [1.165, 1.54) is 0 Å². The molecule has 4 heteroatoms. The first-order chi connectivity index (χ1) is 3.97. The Morgan fingerprint density at radius 1 is 1.44 bits per heavy atom. The maximum Gasteiger partial charge on any atom is 0.193 e. The van der Waals surface area contributed by atoms with Crippen LogP contribution in [-0.4, -0.2) is 9.38 Å². The van der Waals surface area contributed by atoms with E-state index in [1.807, 2.05) is 22.2 Å². The number of fused-ring (bicyclic) bond motifs is 1. The monoisotopic (exact) mass is 160 g/mol. The Kier molecular flexibility index (Phi) is 1.73. The van der Waals surface area contributed by atoms with Crippen LogP contribution < -0.4 is 0 Å². The second-order valence-electron chi connectivity index (χ2n) is 1.52. The molecule has 0 N–H and O–H groups in total. The fourth-order valence-corrected chi connectivity index (χ4v) is 1.34. The molecule has 0 aliphatic rings. The van der Waals surface area contributed by atoms with Crippen molar-refractivity contribution in [2.45, 2.75) is 0 Å². The summed E-state index contributed by atoms with van der Waals surface area (Å²) in [6.45, 7) is 0. The number of thiazole rings is 1. The van der Waals surface area contributed by atoms with Gasteiger partial charge in [0.15, 0.2) is 4.96 Å². The van der Waals surface area contributed by atoms with Gasteiger partial charge in [-0.25, -0.2) is 4.98 Å². The Hall–Kier alpha value is -0.540. The molecule has 0 bridgehead atoms. The van der Waals surface area contributed by atoms with Gasteiger partial charge in [0.05, 0.1) is 0 Å². The minimum atomic E-state index is 0. The van der Waals surface area contributed by atoms with Gasteiger partial charge in [0.2, 0.25) is 0 Å². The van der Waals surface area contributed by atoms with Gasteiger partial charge in [0, 0.05) is 24.0 Å². The third kappa shape index (κ3) is 0.930. The van der Waals surface area contributed by atoms with Crippen molar-refractivity contribution < 1.29 is 0 Å². The molecule has 2 rings (SSSR count). The lowest BCUT2D eigenvalue weighted by molar-refractivity contribution is 1.23. The van der Waals surface area contributed by atoms with Crippen molar-refractivity contribution in [3.63, 3.8) is 0 Å². The van der Waals surface area contributed by atoms with Crippen molar-refractivity contribution in [2.75, 3.05) is 0 Å². The molecule has 0 radical (unpaired) electrons. The first-order valence-electron chi connectivity index (χ1n) is 2.33. The summed E-state index contributed by atoms with van der Waals surface area (Å²) < 4.78 is 1.99. The average Bonchev–Trinajstić information content (AvgIpc) is 2.15. The van der Waals surface area contributed by atoms with Crippen LogP contribution in [0.5, 0.6) is 0 Å². The summed E-state index contributed by atoms with van der Waals surface area (Å²) in [5.41, 5.74) is 0. The van der Waals surface area contributed by atoms with Crippen LogP contribution in [0.15, 0.2) is 24.0 Å². The van der Waals surface area contributed by atoms with E-state index in [9.17, 15) is 0 Å². The first kappa shape index (κ1) is 6.58. The third-order valence-corrected chi connectivity index (χ3v) is 1.81. The lowest BCUT2D eigenvalue weighted by atomic mass is 10.9. The van der Waals surface area contributed by atoms with Crippen molar-refractivity contribution >= 4 is 28.7 Å². The van der Waals surface area contributed by atoms with Crippen molar-refractivity contribution in [3.05, 3.63) is 24.0 Å². The average molecular weight is 161 g/mol. The molecule has 0 unspecified atom stereocenters. The fraction of sp³-hybridized carbons (Fsp3) is 0. The smallest absolute Gasteiger partial charge is 0.193 e. The molecule has 0 atom stereocenters. The van der Waals surface area contributed by atoms with E-state index in [4.69, 9.17) is 0 Å². The Bertz CT molecular complexity index is 236. The van der Waals surface area contributed by atoms with Crippen LogP contribution in [-0.2, 0) is 0 Å². The van der Waals surface area contributed by atoms with E-state index in [0.29, 0.717) is 0 Å². The summed E-state index contributed by atoms with van der Waals surface area (Å²) >= 11 is 1.65. The molecule has 2 aromatic rings. The van der Waals surface area contributed by atoms with Gasteiger partial charge in [0.1, 0.15) is 0 Å². The first-order valence-corrected chi connectivity index (χ1v) is 3.21. The van der Waals surface area contributed by atoms with Gasteiger partial charge < -0.3 is 0 Å². The molecular formula is C5H5ClN2S. The van der Waals surface area contributed by atoms with Gasteiger partial charge in [-0.2, -0.15) is 0 Å². The third-order valence-electron chi connectivity index (χ3n) is 1.03. The molecule has 48 valence electrons. The van der Waals surface area contributed by atoms with Gasteiger partial charge in [-0.15, -0.1) is 23.7 Å². The number of nitrogens with zero attached hydrogens (tertiary/aromatic N) is 2. The zero-order chi connectivity index (χ0) is 5.40. The minimum absolute atomic E-state index is 0. The van der Waals surface area contributed by atoms with E-state index >= 15 is 0 Å². The van der Waals surface area contributed by atoms with Crippen LogP contribution in [0.1, 0.15) is 0 Å². The largest absolute Gasteiger partial charge is 0.298 e. The van der Waals surface area contributed by atoms with Crippen molar-refractivity contribution in [3.8, 4) is 0 Å². The van der Waals surface area contributed by atoms with Crippen LogP contribution in [0.2, 0.25) is 0 Å². The van der Waals surface area contributed by atoms with Crippen LogP contribution in [0.25, 0.3) is 4.96 Å². The van der Waals surface area contributed by atoms with Crippen LogP contribution in [0.4, 0.5) is 0 Å². The summed E-state index contributed by atoms with van der Waals surface area (Å²) in [7, 11) is 0. The standard InChI is InChI=1S/C5H4N2S.ClH/c1-2-7-3-4-8-5(7)6-1;/h1-4H;1H. The molecule has 2 aromatic heterocycles. The number of aromatic nitrogens is 2. The zero-order valence-electron chi connectivity index (χ0n) is 4.52. The second-order valence-corrected chi connectivity index (χ2v) is 2.39. The number of rotatable bonds is 0. The van der Waals surface area contributed by atoms with Gasteiger partial charge >= 0.3 is 0 Å². The summed E-state index contributed by atoms with van der Waals surface area (Å²) in [6, 6.07) is 0. The molecule has 0 saturated carbocycles. The molecule has 2 heterocycles. The van der Waals surface area contributed by atoms with E-state index in [2.05, 4.69) is 4.98 Å². The summed E-state index contributed by atoms with van der Waals surface area (Å²) in [5, 5.41) is 2.02. The van der Waals surface area contributed by atoms with Crippen LogP contribution >= 0.6 is 23.7 Å². The quantitative estimate of drug-likeness (QED) is 0.575. The number of hydrogen-bond acceptors (Lipinski definition) is 2. The molecule has 0 saturated heterocycles. The lowest BCUT2D eigenvalue weighted by Crippen LogP contribution is -1.66. The summed E-state index contributed by atoms with van der Waals surface area (Å²) in [4.78, 5) is 5.12. The number of imidazole rings is 1. The highest BCUT2D eigenvalue weighted by Gasteiger charge is 1.88. The number of halogens is 1. The van der Waals surface area contributed by atoms with Gasteiger partial charge in [-0.05, 0) is 0 Å². The lowest BCUT2D eigenvalue weighted by Gasteiger charge is -1.71. The fourth-order valence-electron chi connectivity index (χ4n) is 0.661. The maximum atomic E-state index is 4.06. The van der Waals surface area contributed by atoms with E-state index in [1.54, 1.807) is 17.5 Å². The summed E-state index contributed by atoms with van der Waals surface area (Å²) in [6.07, 6.45) is 5.73. The topological polar surface area (TPSA) is 17.3 Å². The number of hydrogen-bond donors (Lipinski definition) is 0. The van der Waals surface area contributed by atoms with Crippen molar-refractivity contribution in [1.82, 2.24) is 9.38 Å². The molecule has 0 aliphatic carbocycles. The highest BCUT2D eigenvalue weighted by atomic mass is 35.5. The summed E-state index contributed by atoms with van der Waals surface area (Å²) in [5.74, 6) is 0. The molecular weight excluding hydrogens is 156 g/mol. The Labute approximate surface area is 62.6 Å². The Morgan fingerprint density at radius 3 is 3.11 bits per heavy atom. The highest BCUT2D eigenvalue weighted by Crippen LogP contribution is 2.06. The minimum Gasteiger partial charge on any atom is -0.298 e. The molecule has 0 aromatic carbocycles. The molecule has 0 aliphatic heterocycles. The second kappa shape index (κ2) is 2.37. The zero-order valence-corrected chi connectivity index (χ0v) is 6.15. The van der Waals surface area contributed by atoms with Gasteiger partial charge in [-0.1, -0.05) is 0 Å². The SMILES string of the molecule is Cl.c1cn2ccsc2n1.